The second-order valence-corrected chi connectivity index (χ2v) is 11.2. The fraction of sp³-hybridized carbons (Fsp3) is 0.241. The number of aromatic nitrogens is 1. The molecule has 2 amide bonds. The number of para-hydroxylation sites is 1. The van der Waals surface area contributed by atoms with Crippen molar-refractivity contribution < 1.29 is 9.53 Å². The second-order valence-electron chi connectivity index (χ2n) is 10.2. The van der Waals surface area contributed by atoms with Gasteiger partial charge in [-0.1, -0.05) is 30.0 Å². The molecule has 4 heterocycles. The molecule has 0 spiro atoms. The predicted octanol–water partition coefficient (Wildman–Crippen LogP) is 5.22. The van der Waals surface area contributed by atoms with Crippen LogP contribution in [0.2, 0.25) is 0 Å². The van der Waals surface area contributed by atoms with Crippen LogP contribution in [0.3, 0.4) is 0 Å². The van der Waals surface area contributed by atoms with Crippen molar-refractivity contribution in [3.8, 4) is 11.5 Å². The van der Waals surface area contributed by atoms with Crippen molar-refractivity contribution in [1.29, 1.82) is 0 Å². The van der Waals surface area contributed by atoms with Crippen LogP contribution in [0, 0.1) is 6.92 Å². The van der Waals surface area contributed by atoms with Crippen LogP contribution in [0.25, 0.3) is 15.9 Å². The van der Waals surface area contributed by atoms with Crippen molar-refractivity contribution in [3.05, 3.63) is 77.8 Å². The Labute approximate surface area is 241 Å². The number of nitrogens with zero attached hydrogens (tertiary/aromatic N) is 3. The summed E-state index contributed by atoms with van der Waals surface area (Å²) >= 11 is 1.49. The van der Waals surface area contributed by atoms with Crippen molar-refractivity contribution in [2.24, 2.45) is 0 Å². The van der Waals surface area contributed by atoms with Crippen LogP contribution >= 0.6 is 11.3 Å². The molecule has 1 fully saturated rings. The van der Waals surface area contributed by atoms with Crippen molar-refractivity contribution in [3.63, 3.8) is 0 Å². The predicted molar refractivity (Wildman–Crippen MR) is 165 cm³/mol. The minimum atomic E-state index is -1.37. The highest BCUT2D eigenvalue weighted by Crippen LogP contribution is 2.48. The number of thiophene rings is 1. The first kappa shape index (κ1) is 26.5. The molecular formula is C29H26B3N5O2S. The molecule has 11 heteroatoms. The molecule has 194 valence electrons. The van der Waals surface area contributed by atoms with E-state index in [2.05, 4.69) is 22.2 Å². The topological polar surface area (TPSA) is 69.7 Å². The lowest BCUT2D eigenvalue weighted by Gasteiger charge is -2.43. The summed E-state index contributed by atoms with van der Waals surface area (Å²) in [4.78, 5) is 23.4. The number of rotatable bonds is 7. The molecule has 0 saturated carbocycles. The number of piperidine rings is 1. The number of benzene rings is 2. The molecule has 6 radical (unpaired) electrons. The summed E-state index contributed by atoms with van der Waals surface area (Å²) in [5.41, 5.74) is 3.84. The molecule has 40 heavy (non-hydrogen) atoms. The van der Waals surface area contributed by atoms with Crippen molar-refractivity contribution in [1.82, 2.24) is 15.2 Å². The Kier molecular flexibility index (Phi) is 6.88. The zero-order valence-electron chi connectivity index (χ0n) is 22.2. The maximum Gasteiger partial charge on any atom is 0.331 e. The summed E-state index contributed by atoms with van der Waals surface area (Å²) in [7, 11) is 17.8. The molecule has 7 nitrogen and oxygen atoms in total. The van der Waals surface area contributed by atoms with Gasteiger partial charge in [-0.05, 0) is 68.3 Å². The van der Waals surface area contributed by atoms with E-state index in [4.69, 9.17) is 28.3 Å². The van der Waals surface area contributed by atoms with Gasteiger partial charge in [0, 0.05) is 24.5 Å². The number of pyridine rings is 1. The first-order chi connectivity index (χ1) is 19.2. The van der Waals surface area contributed by atoms with Crippen LogP contribution in [-0.4, -0.2) is 63.8 Å². The van der Waals surface area contributed by atoms with E-state index in [-0.39, 0.29) is 12.1 Å². The summed E-state index contributed by atoms with van der Waals surface area (Å²) in [5.74, 6) is 1.45. The smallest absolute Gasteiger partial charge is 0.331 e. The highest BCUT2D eigenvalue weighted by atomic mass is 32.1. The standard InChI is InChI=1S/C29H26B3N5O2S/c1-17-15-21(39-20-8-4-3-5-9-20)10-11-22(17)37-23-12-13-33-27-24(23)25(35-28(37)38)26(40-27)18(2)34-19-7-6-14-36(16-19)29(30,31)32/h3-5,8-13,15,19,34H,2,6-7,14,16H2,1H3,(H,35,38)/t19-/m1/s1. The fourth-order valence-electron chi connectivity index (χ4n) is 5.36. The summed E-state index contributed by atoms with van der Waals surface area (Å²) in [5, 5.41) is 6.13. The number of anilines is 3. The Bertz CT molecular complexity index is 1600. The van der Waals surface area contributed by atoms with Crippen molar-refractivity contribution in [2.45, 2.75) is 31.0 Å². The van der Waals surface area contributed by atoms with E-state index in [1.54, 1.807) is 11.1 Å². The second kappa shape index (κ2) is 10.4. The Balaban J connectivity index is 1.29. The Morgan fingerprint density at radius 2 is 1.95 bits per heavy atom. The van der Waals surface area contributed by atoms with Gasteiger partial charge in [-0.25, -0.2) is 9.78 Å². The molecule has 4 aromatic rings. The molecule has 2 N–H and O–H groups in total. The number of carbonyl (C=O) groups is 1. The molecule has 2 aliphatic rings. The number of aryl methyl sites for hydroxylation is 1. The van der Waals surface area contributed by atoms with Gasteiger partial charge in [0.1, 0.15) is 16.3 Å². The van der Waals surface area contributed by atoms with E-state index >= 15 is 0 Å². The average Bonchev–Trinajstić information content (AvgIpc) is 3.29. The number of amides is 2. The molecule has 2 aromatic heterocycles. The van der Waals surface area contributed by atoms with Crippen LogP contribution in [0.1, 0.15) is 23.3 Å². The maximum atomic E-state index is 13.6. The minimum Gasteiger partial charge on any atom is -0.457 e. The fourth-order valence-corrected chi connectivity index (χ4v) is 6.41. The summed E-state index contributed by atoms with van der Waals surface area (Å²) in [6.07, 6.45) is 3.57. The monoisotopic (exact) mass is 541 g/mol. The van der Waals surface area contributed by atoms with Gasteiger partial charge in [-0.3, -0.25) is 4.90 Å². The van der Waals surface area contributed by atoms with E-state index < -0.39 is 5.24 Å². The van der Waals surface area contributed by atoms with Crippen LogP contribution < -0.4 is 20.3 Å². The van der Waals surface area contributed by atoms with E-state index in [9.17, 15) is 4.79 Å². The highest BCUT2D eigenvalue weighted by molar-refractivity contribution is 7.20. The third-order valence-corrected chi connectivity index (χ3v) is 8.41. The third kappa shape index (κ3) is 5.00. The average molecular weight is 541 g/mol. The third-order valence-electron chi connectivity index (χ3n) is 7.26. The first-order valence-corrected chi connectivity index (χ1v) is 13.9. The molecule has 0 bridgehead atoms. The molecule has 1 saturated heterocycles. The molecule has 0 aliphatic carbocycles. The van der Waals surface area contributed by atoms with E-state index in [0.29, 0.717) is 23.7 Å². The first-order valence-electron chi connectivity index (χ1n) is 13.1. The van der Waals surface area contributed by atoms with Gasteiger partial charge >= 0.3 is 6.03 Å². The van der Waals surface area contributed by atoms with Gasteiger partial charge < -0.3 is 20.3 Å². The summed E-state index contributed by atoms with van der Waals surface area (Å²) < 4.78 is 5.99. The molecule has 2 aliphatic heterocycles. The molecule has 2 aromatic carbocycles. The lowest BCUT2D eigenvalue weighted by atomic mass is 9.48. The largest absolute Gasteiger partial charge is 0.457 e. The van der Waals surface area contributed by atoms with Crippen molar-refractivity contribution in [2.75, 3.05) is 23.3 Å². The number of urea groups is 1. The number of ether oxygens (including phenoxy) is 1. The van der Waals surface area contributed by atoms with E-state index in [1.807, 2.05) is 66.4 Å². The van der Waals surface area contributed by atoms with Gasteiger partial charge in [-0.15, -0.1) is 11.3 Å². The molecule has 6 rings (SSSR count). The number of hydrogen-bond acceptors (Lipinski definition) is 6. The molecule has 0 unspecified atom stereocenters. The molecule has 1 atom stereocenters. The Morgan fingerprint density at radius 3 is 2.70 bits per heavy atom. The van der Waals surface area contributed by atoms with Crippen LogP contribution in [0.15, 0.2) is 67.4 Å². The van der Waals surface area contributed by atoms with Crippen LogP contribution in [-0.2, 0) is 0 Å². The molecular weight excluding hydrogens is 515 g/mol. The van der Waals surface area contributed by atoms with Crippen LogP contribution in [0.4, 0.5) is 21.9 Å². The van der Waals surface area contributed by atoms with Crippen LogP contribution in [0.5, 0.6) is 11.5 Å². The highest BCUT2D eigenvalue weighted by Gasteiger charge is 2.33. The number of carbonyl (C=O) groups excluding carboxylic acids is 1. The van der Waals surface area contributed by atoms with Gasteiger partial charge in [-0.2, -0.15) is 0 Å². The van der Waals surface area contributed by atoms with E-state index in [1.165, 1.54) is 11.3 Å². The van der Waals surface area contributed by atoms with Gasteiger partial charge in [0.2, 0.25) is 0 Å². The van der Waals surface area contributed by atoms with Gasteiger partial charge in [0.15, 0.2) is 0 Å². The van der Waals surface area contributed by atoms with E-state index in [0.717, 1.165) is 57.2 Å². The normalized spacial score (nSPS) is 17.5. The lowest BCUT2D eigenvalue weighted by molar-refractivity contribution is 0.197. The maximum absolute atomic E-state index is 13.6. The quantitative estimate of drug-likeness (QED) is 0.314. The summed E-state index contributed by atoms with van der Waals surface area (Å²) in [6, 6.07) is 17.0. The van der Waals surface area contributed by atoms with Gasteiger partial charge in [0.25, 0.3) is 0 Å². The minimum absolute atomic E-state index is 0.0659. The number of nitrogens with one attached hydrogen (secondary N) is 2. The zero-order chi connectivity index (χ0) is 28.0. The lowest BCUT2D eigenvalue weighted by Crippen LogP contribution is -2.57. The number of hydrogen-bond donors (Lipinski definition) is 2. The zero-order valence-corrected chi connectivity index (χ0v) is 23.0. The van der Waals surface area contributed by atoms with Crippen molar-refractivity contribution >= 4 is 73.9 Å². The van der Waals surface area contributed by atoms with Gasteiger partial charge in [0.05, 0.1) is 50.9 Å². The Morgan fingerprint density at radius 1 is 1.15 bits per heavy atom. The SMILES string of the molecule is [B]C([B])([B])N1CCC[C@@H](NC(=C)c2sc3nccc4c3c2NC(=O)N4c2ccc(Oc3ccccc3)cc2C)C1. The summed E-state index contributed by atoms with van der Waals surface area (Å²) in [6.45, 7) is 7.60. The number of likely N-dealkylation sites (tertiary alicyclic amines) is 1. The Hall–Kier alpha value is -3.69.